The molecule has 0 unspecified atom stereocenters. The zero-order valence-electron chi connectivity index (χ0n) is 14.2. The molecule has 0 aliphatic rings. The average Bonchev–Trinajstić information content (AvgIpc) is 3.01. The molecular formula is C16H22N4O3S2. The number of nitrogens with one attached hydrogen (secondary N) is 2. The van der Waals surface area contributed by atoms with Gasteiger partial charge in [-0.15, -0.1) is 11.3 Å². The summed E-state index contributed by atoms with van der Waals surface area (Å²) in [5.74, 6) is 0.0979. The van der Waals surface area contributed by atoms with E-state index in [-0.39, 0.29) is 23.9 Å². The van der Waals surface area contributed by atoms with Crippen LogP contribution in [-0.2, 0) is 16.4 Å². The fourth-order valence-electron chi connectivity index (χ4n) is 2.07. The topological polar surface area (TPSA) is 114 Å². The van der Waals surface area contributed by atoms with E-state index in [4.69, 9.17) is 5.73 Å². The molecule has 0 fully saturated rings. The Balaban J connectivity index is 2.11. The molecule has 2 aromatic rings. The first-order chi connectivity index (χ1) is 11.8. The normalized spacial score (nSPS) is 11.7. The Morgan fingerprint density at radius 2 is 2.12 bits per heavy atom. The average molecular weight is 383 g/mol. The highest BCUT2D eigenvalue weighted by Gasteiger charge is 2.16. The summed E-state index contributed by atoms with van der Waals surface area (Å²) in [5, 5.41) is 5.29. The zero-order valence-corrected chi connectivity index (χ0v) is 15.8. The Morgan fingerprint density at radius 1 is 1.36 bits per heavy atom. The van der Waals surface area contributed by atoms with Crippen LogP contribution in [0, 0.1) is 5.92 Å². The van der Waals surface area contributed by atoms with Crippen molar-refractivity contribution in [3.05, 3.63) is 40.3 Å². The van der Waals surface area contributed by atoms with Crippen molar-refractivity contribution in [1.82, 2.24) is 9.71 Å². The smallest absolute Gasteiger partial charge is 0.275 e. The van der Waals surface area contributed by atoms with E-state index in [0.29, 0.717) is 17.3 Å². The van der Waals surface area contributed by atoms with Gasteiger partial charge in [0.05, 0.1) is 9.90 Å². The lowest BCUT2D eigenvalue weighted by Gasteiger charge is -2.08. The molecule has 0 aliphatic heterocycles. The van der Waals surface area contributed by atoms with Gasteiger partial charge in [-0.3, -0.25) is 4.79 Å². The van der Waals surface area contributed by atoms with Gasteiger partial charge >= 0.3 is 0 Å². The second kappa shape index (κ2) is 8.52. The van der Waals surface area contributed by atoms with Crippen LogP contribution in [0.1, 0.15) is 29.3 Å². The van der Waals surface area contributed by atoms with Gasteiger partial charge in [0.1, 0.15) is 5.69 Å². The number of hydrogen-bond donors (Lipinski definition) is 3. The molecule has 7 nitrogen and oxygen atoms in total. The second-order valence-corrected chi connectivity index (χ2v) is 8.60. The molecule has 9 heteroatoms. The van der Waals surface area contributed by atoms with Gasteiger partial charge in [0, 0.05) is 30.6 Å². The Morgan fingerprint density at radius 3 is 2.80 bits per heavy atom. The molecule has 0 atom stereocenters. The number of amides is 1. The molecule has 1 heterocycles. The highest BCUT2D eigenvalue weighted by molar-refractivity contribution is 7.89. The highest BCUT2D eigenvalue weighted by atomic mass is 32.2. The number of carbonyl (C=O) groups is 1. The number of nitrogens with zero attached hydrogens (tertiary/aromatic N) is 1. The summed E-state index contributed by atoms with van der Waals surface area (Å²) in [5.41, 5.74) is 6.03. The fourth-order valence-corrected chi connectivity index (χ4v) is 4.15. The van der Waals surface area contributed by atoms with Crippen LogP contribution in [0.3, 0.4) is 0 Å². The van der Waals surface area contributed by atoms with E-state index in [1.54, 1.807) is 17.5 Å². The minimum Gasteiger partial charge on any atom is -0.329 e. The molecule has 0 spiro atoms. The number of rotatable bonds is 8. The Kier molecular flexibility index (Phi) is 6.65. The maximum absolute atomic E-state index is 12.3. The van der Waals surface area contributed by atoms with Gasteiger partial charge in [-0.25, -0.2) is 18.1 Å². The monoisotopic (exact) mass is 382 g/mol. The van der Waals surface area contributed by atoms with Crippen LogP contribution >= 0.6 is 11.3 Å². The molecule has 0 bridgehead atoms. The van der Waals surface area contributed by atoms with E-state index in [1.807, 2.05) is 0 Å². The summed E-state index contributed by atoms with van der Waals surface area (Å²) in [7, 11) is -3.65. The van der Waals surface area contributed by atoms with Crippen LogP contribution in [0.2, 0.25) is 0 Å². The molecule has 1 aromatic carbocycles. The number of carbonyl (C=O) groups excluding carboxylic acids is 1. The van der Waals surface area contributed by atoms with E-state index in [2.05, 4.69) is 28.9 Å². The van der Waals surface area contributed by atoms with Crippen molar-refractivity contribution >= 4 is 33.0 Å². The van der Waals surface area contributed by atoms with Crippen molar-refractivity contribution in [2.75, 3.05) is 18.4 Å². The van der Waals surface area contributed by atoms with Gasteiger partial charge in [-0.2, -0.15) is 0 Å². The summed E-state index contributed by atoms with van der Waals surface area (Å²) in [6, 6.07) is 6.05. The van der Waals surface area contributed by atoms with Crippen LogP contribution in [0.4, 0.5) is 5.69 Å². The predicted molar refractivity (Wildman–Crippen MR) is 99.3 cm³/mol. The molecule has 0 saturated heterocycles. The van der Waals surface area contributed by atoms with Crippen molar-refractivity contribution < 1.29 is 13.2 Å². The van der Waals surface area contributed by atoms with E-state index in [1.165, 1.54) is 23.5 Å². The standard InChI is InChI=1S/C16H22N4O3S2/c1-11(2)8-15-20-14(10-24-15)16(21)19-12-4-3-5-13(9-12)25(22,23)18-7-6-17/h3-5,9-11,18H,6-8,17H2,1-2H3,(H,19,21). The Bertz CT molecular complexity index is 831. The maximum Gasteiger partial charge on any atom is 0.275 e. The summed E-state index contributed by atoms with van der Waals surface area (Å²) in [6.07, 6.45) is 0.818. The van der Waals surface area contributed by atoms with E-state index in [9.17, 15) is 13.2 Å². The SMILES string of the molecule is CC(C)Cc1nc(C(=O)Nc2cccc(S(=O)(=O)NCCN)c2)cs1. The van der Waals surface area contributed by atoms with Gasteiger partial charge in [-0.05, 0) is 24.1 Å². The van der Waals surface area contributed by atoms with Crippen molar-refractivity contribution in [2.45, 2.75) is 25.2 Å². The third kappa shape index (κ3) is 5.60. The first-order valence-electron chi connectivity index (χ1n) is 7.87. The number of sulfonamides is 1. The van der Waals surface area contributed by atoms with Gasteiger partial charge in [0.25, 0.3) is 5.91 Å². The van der Waals surface area contributed by atoms with Crippen LogP contribution in [-0.4, -0.2) is 32.4 Å². The van der Waals surface area contributed by atoms with Crippen molar-refractivity contribution in [3.63, 3.8) is 0 Å². The third-order valence-electron chi connectivity index (χ3n) is 3.21. The highest BCUT2D eigenvalue weighted by Crippen LogP contribution is 2.18. The Labute approximate surface area is 151 Å². The second-order valence-electron chi connectivity index (χ2n) is 5.89. The van der Waals surface area contributed by atoms with Gasteiger partial charge in [0.2, 0.25) is 10.0 Å². The lowest BCUT2D eigenvalue weighted by atomic mass is 10.1. The van der Waals surface area contributed by atoms with Gasteiger partial charge < -0.3 is 11.1 Å². The van der Waals surface area contributed by atoms with Crippen molar-refractivity contribution in [1.29, 1.82) is 0 Å². The molecule has 0 saturated carbocycles. The van der Waals surface area contributed by atoms with Crippen LogP contribution in [0.15, 0.2) is 34.5 Å². The van der Waals surface area contributed by atoms with Gasteiger partial charge in [0.15, 0.2) is 0 Å². The summed E-state index contributed by atoms with van der Waals surface area (Å²) in [6.45, 7) is 4.53. The molecule has 0 radical (unpaired) electrons. The largest absolute Gasteiger partial charge is 0.329 e. The quantitative estimate of drug-likeness (QED) is 0.644. The summed E-state index contributed by atoms with van der Waals surface area (Å²) >= 11 is 1.44. The van der Waals surface area contributed by atoms with Crippen molar-refractivity contribution in [3.8, 4) is 0 Å². The number of nitrogens with two attached hydrogens (primary N) is 1. The number of thiazole rings is 1. The number of anilines is 1. The lowest BCUT2D eigenvalue weighted by molar-refractivity contribution is 0.102. The third-order valence-corrected chi connectivity index (χ3v) is 5.54. The van der Waals surface area contributed by atoms with Crippen molar-refractivity contribution in [2.24, 2.45) is 11.7 Å². The number of hydrogen-bond acceptors (Lipinski definition) is 6. The van der Waals surface area contributed by atoms with E-state index < -0.39 is 10.0 Å². The van der Waals surface area contributed by atoms with E-state index in [0.717, 1.165) is 11.4 Å². The number of aromatic nitrogens is 1. The lowest BCUT2D eigenvalue weighted by Crippen LogP contribution is -2.29. The minimum atomic E-state index is -3.65. The molecule has 1 aromatic heterocycles. The first kappa shape index (κ1) is 19.5. The van der Waals surface area contributed by atoms with Gasteiger partial charge in [-0.1, -0.05) is 19.9 Å². The molecule has 0 aliphatic carbocycles. The van der Waals surface area contributed by atoms with Crippen LogP contribution in [0.25, 0.3) is 0 Å². The zero-order chi connectivity index (χ0) is 18.4. The molecule has 2 rings (SSSR count). The summed E-state index contributed by atoms with van der Waals surface area (Å²) < 4.78 is 26.6. The predicted octanol–water partition coefficient (Wildman–Crippen LogP) is 1.83. The molecular weight excluding hydrogens is 360 g/mol. The van der Waals surface area contributed by atoms with Crippen LogP contribution in [0.5, 0.6) is 0 Å². The Hall–Kier alpha value is -1.81. The van der Waals surface area contributed by atoms with Crippen LogP contribution < -0.4 is 15.8 Å². The number of benzene rings is 1. The molecule has 25 heavy (non-hydrogen) atoms. The minimum absolute atomic E-state index is 0.0672. The molecule has 4 N–H and O–H groups in total. The fraction of sp³-hybridized carbons (Fsp3) is 0.375. The molecule has 136 valence electrons. The maximum atomic E-state index is 12.3. The molecule has 1 amide bonds. The summed E-state index contributed by atoms with van der Waals surface area (Å²) in [4.78, 5) is 16.7. The van der Waals surface area contributed by atoms with E-state index >= 15 is 0 Å². The first-order valence-corrected chi connectivity index (χ1v) is 10.2.